The molecule has 0 aliphatic rings. The molecule has 0 heterocycles. The van der Waals surface area contributed by atoms with Crippen molar-refractivity contribution in [3.8, 4) is 0 Å². The zero-order chi connectivity index (χ0) is 13.7. The normalized spacial score (nSPS) is 14.2. The molecule has 0 radical (unpaired) electrons. The van der Waals surface area contributed by atoms with Gasteiger partial charge in [0.1, 0.15) is 0 Å². The summed E-state index contributed by atoms with van der Waals surface area (Å²) in [6.07, 6.45) is 0.313. The predicted molar refractivity (Wildman–Crippen MR) is 70.4 cm³/mol. The fourth-order valence-corrected chi connectivity index (χ4v) is 1.85. The van der Waals surface area contributed by atoms with E-state index in [-0.39, 0.29) is 22.8 Å². The minimum absolute atomic E-state index is 0.150. The number of aryl methyl sites for hydroxylation is 1. The molecule has 0 unspecified atom stereocenters. The van der Waals surface area contributed by atoms with Crippen LogP contribution in [-0.2, 0) is 6.54 Å². The van der Waals surface area contributed by atoms with Crippen LogP contribution in [0.15, 0.2) is 18.2 Å². The van der Waals surface area contributed by atoms with E-state index in [2.05, 4.69) is 5.32 Å². The number of aliphatic hydroxyl groups is 1. The first-order valence-electron chi connectivity index (χ1n) is 6.05. The second-order valence-electron chi connectivity index (χ2n) is 4.74. The van der Waals surface area contributed by atoms with Crippen molar-refractivity contribution >= 4 is 5.69 Å². The van der Waals surface area contributed by atoms with Gasteiger partial charge in [-0.15, -0.1) is 0 Å². The molecule has 2 atom stereocenters. The minimum Gasteiger partial charge on any atom is -0.393 e. The first-order chi connectivity index (χ1) is 8.40. The van der Waals surface area contributed by atoms with Crippen molar-refractivity contribution in [3.63, 3.8) is 0 Å². The van der Waals surface area contributed by atoms with Crippen molar-refractivity contribution in [2.45, 2.75) is 45.9 Å². The van der Waals surface area contributed by atoms with Gasteiger partial charge in [-0.05, 0) is 32.8 Å². The molecule has 1 aromatic carbocycles. The summed E-state index contributed by atoms with van der Waals surface area (Å²) in [6, 6.07) is 5.40. The number of nitro benzene ring substituents is 1. The van der Waals surface area contributed by atoms with Crippen LogP contribution in [0.25, 0.3) is 0 Å². The molecular weight excluding hydrogens is 232 g/mol. The summed E-state index contributed by atoms with van der Waals surface area (Å²) in [7, 11) is 0. The number of nitrogens with zero attached hydrogens (tertiary/aromatic N) is 1. The van der Waals surface area contributed by atoms with Gasteiger partial charge >= 0.3 is 0 Å². The minimum atomic E-state index is -0.363. The van der Waals surface area contributed by atoms with Gasteiger partial charge in [-0.2, -0.15) is 0 Å². The molecule has 18 heavy (non-hydrogen) atoms. The van der Waals surface area contributed by atoms with E-state index in [0.29, 0.717) is 18.5 Å². The molecule has 0 saturated heterocycles. The Kier molecular flexibility index (Phi) is 5.25. The van der Waals surface area contributed by atoms with E-state index in [0.717, 1.165) is 5.56 Å². The number of rotatable bonds is 6. The highest BCUT2D eigenvalue weighted by Gasteiger charge is 2.11. The van der Waals surface area contributed by atoms with Crippen molar-refractivity contribution in [1.29, 1.82) is 0 Å². The van der Waals surface area contributed by atoms with E-state index in [4.69, 9.17) is 0 Å². The zero-order valence-corrected chi connectivity index (χ0v) is 11.0. The van der Waals surface area contributed by atoms with E-state index >= 15 is 0 Å². The molecule has 1 aromatic rings. The van der Waals surface area contributed by atoms with Crippen molar-refractivity contribution in [2.75, 3.05) is 0 Å². The van der Waals surface area contributed by atoms with Gasteiger partial charge in [0.25, 0.3) is 5.69 Å². The van der Waals surface area contributed by atoms with Crippen molar-refractivity contribution in [3.05, 3.63) is 39.4 Å². The van der Waals surface area contributed by atoms with E-state index < -0.39 is 0 Å². The molecule has 0 aliphatic carbocycles. The molecule has 0 aliphatic heterocycles. The van der Waals surface area contributed by atoms with Crippen molar-refractivity contribution < 1.29 is 10.0 Å². The van der Waals surface area contributed by atoms with E-state index in [9.17, 15) is 15.2 Å². The summed E-state index contributed by atoms with van der Waals surface area (Å²) in [5, 5.41) is 23.3. The molecule has 1 rings (SSSR count). The summed E-state index contributed by atoms with van der Waals surface area (Å²) < 4.78 is 0. The summed E-state index contributed by atoms with van der Waals surface area (Å²) in [5.41, 5.74) is 1.70. The number of nitrogens with one attached hydrogen (secondary N) is 1. The number of hydrogen-bond donors (Lipinski definition) is 2. The average molecular weight is 252 g/mol. The Morgan fingerprint density at radius 3 is 2.67 bits per heavy atom. The van der Waals surface area contributed by atoms with Crippen LogP contribution in [0.3, 0.4) is 0 Å². The maximum absolute atomic E-state index is 10.8. The molecule has 0 fully saturated rings. The molecule has 100 valence electrons. The number of aliphatic hydroxyl groups excluding tert-OH is 1. The number of hydrogen-bond acceptors (Lipinski definition) is 4. The Morgan fingerprint density at radius 2 is 2.11 bits per heavy atom. The third kappa shape index (κ3) is 4.43. The van der Waals surface area contributed by atoms with Gasteiger partial charge in [0.15, 0.2) is 0 Å². The topological polar surface area (TPSA) is 75.4 Å². The lowest BCUT2D eigenvalue weighted by Crippen LogP contribution is -2.28. The molecular formula is C13H20N2O3. The molecule has 5 heteroatoms. The molecule has 5 nitrogen and oxygen atoms in total. The predicted octanol–water partition coefficient (Wildman–Crippen LogP) is 2.15. The van der Waals surface area contributed by atoms with Crippen LogP contribution >= 0.6 is 0 Å². The summed E-state index contributed by atoms with van der Waals surface area (Å²) in [5.74, 6) is 0. The Bertz CT molecular complexity index is 419. The largest absolute Gasteiger partial charge is 0.393 e. The highest BCUT2D eigenvalue weighted by Crippen LogP contribution is 2.19. The van der Waals surface area contributed by atoms with E-state index in [1.54, 1.807) is 26.0 Å². The average Bonchev–Trinajstić information content (AvgIpc) is 2.26. The van der Waals surface area contributed by atoms with Crippen molar-refractivity contribution in [2.24, 2.45) is 0 Å². The fourth-order valence-electron chi connectivity index (χ4n) is 1.85. The lowest BCUT2D eigenvalue weighted by molar-refractivity contribution is -0.385. The summed E-state index contributed by atoms with van der Waals surface area (Å²) in [6.45, 7) is 6.02. The first-order valence-corrected chi connectivity index (χ1v) is 6.05. The van der Waals surface area contributed by atoms with Gasteiger partial charge < -0.3 is 10.4 Å². The van der Waals surface area contributed by atoms with Crippen molar-refractivity contribution in [1.82, 2.24) is 5.32 Å². The molecule has 2 N–H and O–H groups in total. The second kappa shape index (κ2) is 6.47. The summed E-state index contributed by atoms with van der Waals surface area (Å²) in [4.78, 5) is 10.4. The van der Waals surface area contributed by atoms with Crippen LogP contribution in [-0.4, -0.2) is 22.2 Å². The van der Waals surface area contributed by atoms with Gasteiger partial charge in [0.2, 0.25) is 0 Å². The molecule has 0 amide bonds. The van der Waals surface area contributed by atoms with Gasteiger partial charge in [0, 0.05) is 24.2 Å². The molecule has 0 aromatic heterocycles. The Hall–Kier alpha value is -1.46. The monoisotopic (exact) mass is 252 g/mol. The standard InChI is InChI=1S/C13H20N2O3/c1-9-4-5-12(7-13(9)15(17)18)8-14-10(2)6-11(3)16/h4-5,7,10-11,14,16H,6,8H2,1-3H3/t10-,11+/m0/s1. The lowest BCUT2D eigenvalue weighted by atomic mass is 10.1. The Morgan fingerprint density at radius 1 is 1.44 bits per heavy atom. The van der Waals surface area contributed by atoms with E-state index in [1.165, 1.54) is 0 Å². The van der Waals surface area contributed by atoms with Crippen LogP contribution in [0.2, 0.25) is 0 Å². The highest BCUT2D eigenvalue weighted by atomic mass is 16.6. The maximum Gasteiger partial charge on any atom is 0.272 e. The van der Waals surface area contributed by atoms with Crippen LogP contribution in [0.5, 0.6) is 0 Å². The quantitative estimate of drug-likeness (QED) is 0.601. The highest BCUT2D eigenvalue weighted by molar-refractivity contribution is 5.42. The number of benzene rings is 1. The summed E-state index contributed by atoms with van der Waals surface area (Å²) >= 11 is 0. The maximum atomic E-state index is 10.8. The van der Waals surface area contributed by atoms with Crippen LogP contribution in [0.4, 0.5) is 5.69 Å². The number of nitro groups is 1. The molecule has 0 bridgehead atoms. The van der Waals surface area contributed by atoms with Gasteiger partial charge in [-0.1, -0.05) is 12.1 Å². The van der Waals surface area contributed by atoms with Gasteiger partial charge in [-0.3, -0.25) is 10.1 Å². The Labute approximate surface area is 107 Å². The van der Waals surface area contributed by atoms with Gasteiger partial charge in [-0.25, -0.2) is 0 Å². The van der Waals surface area contributed by atoms with Crippen LogP contribution in [0.1, 0.15) is 31.4 Å². The Balaban J connectivity index is 2.63. The smallest absolute Gasteiger partial charge is 0.272 e. The third-order valence-electron chi connectivity index (χ3n) is 2.82. The second-order valence-corrected chi connectivity index (χ2v) is 4.74. The SMILES string of the molecule is Cc1ccc(CN[C@@H](C)C[C@@H](C)O)cc1[N+](=O)[O-]. The third-order valence-corrected chi connectivity index (χ3v) is 2.82. The van der Waals surface area contributed by atoms with Gasteiger partial charge in [0.05, 0.1) is 11.0 Å². The fraction of sp³-hybridized carbons (Fsp3) is 0.538. The first kappa shape index (κ1) is 14.6. The van der Waals surface area contributed by atoms with E-state index in [1.807, 2.05) is 13.0 Å². The molecule has 0 saturated carbocycles. The molecule has 0 spiro atoms. The zero-order valence-electron chi connectivity index (χ0n) is 11.0. The lowest BCUT2D eigenvalue weighted by Gasteiger charge is -2.15. The van der Waals surface area contributed by atoms with Crippen LogP contribution < -0.4 is 5.32 Å². The van der Waals surface area contributed by atoms with Crippen LogP contribution in [0, 0.1) is 17.0 Å².